The van der Waals surface area contributed by atoms with Gasteiger partial charge in [0.2, 0.25) is 0 Å². The molecular formula is C16H18ClFN2S. The zero-order valence-corrected chi connectivity index (χ0v) is 13.7. The van der Waals surface area contributed by atoms with Crippen LogP contribution < -0.4 is 5.32 Å². The summed E-state index contributed by atoms with van der Waals surface area (Å²) in [5.41, 5.74) is 2.02. The third kappa shape index (κ3) is 3.44. The molecule has 1 fully saturated rings. The quantitative estimate of drug-likeness (QED) is 0.839. The number of nitrogens with one attached hydrogen (secondary N) is 1. The van der Waals surface area contributed by atoms with E-state index in [1.54, 1.807) is 17.4 Å². The van der Waals surface area contributed by atoms with Crippen LogP contribution in [0.2, 0.25) is 5.02 Å². The van der Waals surface area contributed by atoms with Crippen molar-refractivity contribution in [3.8, 4) is 10.6 Å². The lowest BCUT2D eigenvalue weighted by atomic mass is 10.2. The summed E-state index contributed by atoms with van der Waals surface area (Å²) in [6, 6.07) is 4.94. The summed E-state index contributed by atoms with van der Waals surface area (Å²) in [5.74, 6) is 0.280. The Bertz CT molecular complexity index is 650. The average molecular weight is 325 g/mol. The van der Waals surface area contributed by atoms with Gasteiger partial charge in [-0.05, 0) is 31.0 Å². The first-order chi connectivity index (χ1) is 10.0. The highest BCUT2D eigenvalue weighted by atomic mass is 35.5. The summed E-state index contributed by atoms with van der Waals surface area (Å²) >= 11 is 7.82. The van der Waals surface area contributed by atoms with Gasteiger partial charge in [0.25, 0.3) is 0 Å². The number of aromatic nitrogens is 1. The van der Waals surface area contributed by atoms with Crippen molar-refractivity contribution in [2.75, 3.05) is 0 Å². The second kappa shape index (κ2) is 6.03. The molecule has 2 aromatic rings. The Morgan fingerprint density at radius 2 is 2.19 bits per heavy atom. The summed E-state index contributed by atoms with van der Waals surface area (Å²) in [6.07, 6.45) is 2.43. The van der Waals surface area contributed by atoms with E-state index in [4.69, 9.17) is 16.6 Å². The number of benzene rings is 1. The molecule has 1 aliphatic carbocycles. The molecule has 1 N–H and O–H groups in total. The van der Waals surface area contributed by atoms with Crippen LogP contribution in [0.5, 0.6) is 0 Å². The first-order valence-corrected chi connectivity index (χ1v) is 8.42. The van der Waals surface area contributed by atoms with E-state index in [9.17, 15) is 4.39 Å². The Balaban J connectivity index is 1.93. The van der Waals surface area contributed by atoms with Gasteiger partial charge in [0.05, 0.1) is 10.7 Å². The molecule has 112 valence electrons. The fourth-order valence-corrected chi connectivity index (χ4v) is 3.69. The van der Waals surface area contributed by atoms with E-state index in [0.29, 0.717) is 17.0 Å². The molecule has 1 heterocycles. The Kier molecular flexibility index (Phi) is 4.29. The van der Waals surface area contributed by atoms with Crippen molar-refractivity contribution < 1.29 is 4.39 Å². The van der Waals surface area contributed by atoms with Crippen molar-refractivity contribution in [1.82, 2.24) is 10.3 Å². The van der Waals surface area contributed by atoms with Crippen LogP contribution in [0.4, 0.5) is 4.39 Å². The van der Waals surface area contributed by atoms with Crippen molar-refractivity contribution in [1.29, 1.82) is 0 Å². The smallest absolute Gasteiger partial charge is 0.125 e. The number of halogens is 2. The lowest BCUT2D eigenvalue weighted by Crippen LogP contribution is -2.21. The van der Waals surface area contributed by atoms with Gasteiger partial charge in [-0.15, -0.1) is 11.3 Å². The van der Waals surface area contributed by atoms with Crippen LogP contribution in [0.3, 0.4) is 0 Å². The molecule has 3 rings (SSSR count). The molecule has 1 aromatic carbocycles. The molecule has 0 saturated heterocycles. The van der Waals surface area contributed by atoms with E-state index in [1.165, 1.54) is 35.5 Å². The number of nitrogens with zero attached hydrogens (tertiary/aromatic N) is 1. The Morgan fingerprint density at radius 1 is 1.43 bits per heavy atom. The molecule has 0 amide bonds. The van der Waals surface area contributed by atoms with Crippen molar-refractivity contribution in [2.45, 2.75) is 45.2 Å². The highest BCUT2D eigenvalue weighted by molar-refractivity contribution is 7.15. The van der Waals surface area contributed by atoms with Crippen molar-refractivity contribution in [2.24, 2.45) is 0 Å². The standard InChI is InChI=1S/C16H18ClFN2S/c1-9(2)19-8-14-15(10-3-4-10)20-16(21-14)12-6-5-11(18)7-13(12)17/h5-7,9-10,19H,3-4,8H2,1-2H3. The van der Waals surface area contributed by atoms with E-state index in [1.807, 2.05) is 0 Å². The number of thiazole rings is 1. The van der Waals surface area contributed by atoms with Crippen LogP contribution in [-0.2, 0) is 6.54 Å². The molecular weight excluding hydrogens is 307 g/mol. The lowest BCUT2D eigenvalue weighted by molar-refractivity contribution is 0.590. The zero-order chi connectivity index (χ0) is 15.0. The predicted octanol–water partition coefficient (Wildman–Crippen LogP) is 4.98. The molecule has 0 spiro atoms. The summed E-state index contributed by atoms with van der Waals surface area (Å²) in [4.78, 5) is 6.06. The van der Waals surface area contributed by atoms with Crippen molar-refractivity contribution in [3.63, 3.8) is 0 Å². The molecule has 0 aliphatic heterocycles. The fraction of sp³-hybridized carbons (Fsp3) is 0.438. The van der Waals surface area contributed by atoms with Crippen LogP contribution in [0.1, 0.15) is 43.2 Å². The topological polar surface area (TPSA) is 24.9 Å². The number of hydrogen-bond donors (Lipinski definition) is 1. The summed E-state index contributed by atoms with van der Waals surface area (Å²) in [6.45, 7) is 5.10. The minimum atomic E-state index is -0.315. The van der Waals surface area contributed by atoms with Gasteiger partial charge >= 0.3 is 0 Å². The number of rotatable bonds is 5. The Hall–Kier alpha value is -0.970. The Morgan fingerprint density at radius 3 is 2.81 bits per heavy atom. The second-order valence-electron chi connectivity index (χ2n) is 5.76. The highest BCUT2D eigenvalue weighted by Gasteiger charge is 2.30. The van der Waals surface area contributed by atoms with Crippen molar-refractivity contribution >= 4 is 22.9 Å². The van der Waals surface area contributed by atoms with Gasteiger partial charge in [-0.1, -0.05) is 25.4 Å². The first-order valence-electron chi connectivity index (χ1n) is 7.23. The minimum Gasteiger partial charge on any atom is -0.310 e. The van der Waals surface area contributed by atoms with Crippen LogP contribution in [0.25, 0.3) is 10.6 Å². The fourth-order valence-electron chi connectivity index (χ4n) is 2.24. The normalized spacial score (nSPS) is 14.9. The van der Waals surface area contributed by atoms with E-state index in [0.717, 1.165) is 17.1 Å². The molecule has 0 atom stereocenters. The molecule has 1 saturated carbocycles. The van der Waals surface area contributed by atoms with Gasteiger partial charge < -0.3 is 5.32 Å². The summed E-state index contributed by atoms with van der Waals surface area (Å²) in [5, 5.41) is 4.77. The third-order valence-corrected chi connectivity index (χ3v) is 4.94. The summed E-state index contributed by atoms with van der Waals surface area (Å²) < 4.78 is 13.2. The molecule has 0 bridgehead atoms. The van der Waals surface area contributed by atoms with Gasteiger partial charge in [-0.3, -0.25) is 0 Å². The molecule has 5 heteroatoms. The van der Waals surface area contributed by atoms with Crippen LogP contribution >= 0.6 is 22.9 Å². The Labute approximate surface area is 133 Å². The van der Waals surface area contributed by atoms with Crippen LogP contribution in [0, 0.1) is 5.82 Å². The molecule has 21 heavy (non-hydrogen) atoms. The monoisotopic (exact) mass is 324 g/mol. The van der Waals surface area contributed by atoms with E-state index >= 15 is 0 Å². The maximum Gasteiger partial charge on any atom is 0.125 e. The zero-order valence-electron chi connectivity index (χ0n) is 12.1. The molecule has 1 aromatic heterocycles. The highest BCUT2D eigenvalue weighted by Crippen LogP contribution is 2.45. The largest absolute Gasteiger partial charge is 0.310 e. The first kappa shape index (κ1) is 14.9. The van der Waals surface area contributed by atoms with Gasteiger partial charge in [-0.25, -0.2) is 9.37 Å². The van der Waals surface area contributed by atoms with Gasteiger partial charge in [0.15, 0.2) is 0 Å². The second-order valence-corrected chi connectivity index (χ2v) is 7.25. The van der Waals surface area contributed by atoms with E-state index in [2.05, 4.69) is 19.2 Å². The third-order valence-electron chi connectivity index (χ3n) is 3.52. The van der Waals surface area contributed by atoms with E-state index in [-0.39, 0.29) is 5.82 Å². The molecule has 2 nitrogen and oxygen atoms in total. The SMILES string of the molecule is CC(C)NCc1sc(-c2ccc(F)cc2Cl)nc1C1CC1. The molecule has 0 radical (unpaired) electrons. The van der Waals surface area contributed by atoms with Crippen LogP contribution in [0.15, 0.2) is 18.2 Å². The number of hydrogen-bond acceptors (Lipinski definition) is 3. The molecule has 1 aliphatic rings. The average Bonchev–Trinajstić information content (AvgIpc) is 3.17. The van der Waals surface area contributed by atoms with Gasteiger partial charge in [0, 0.05) is 28.9 Å². The summed E-state index contributed by atoms with van der Waals surface area (Å²) in [7, 11) is 0. The maximum atomic E-state index is 13.2. The van der Waals surface area contributed by atoms with E-state index < -0.39 is 0 Å². The lowest BCUT2D eigenvalue weighted by Gasteiger charge is -2.07. The molecule has 0 unspecified atom stereocenters. The van der Waals surface area contributed by atoms with Crippen molar-refractivity contribution in [3.05, 3.63) is 39.6 Å². The maximum absolute atomic E-state index is 13.2. The van der Waals surface area contributed by atoms with Gasteiger partial charge in [0.1, 0.15) is 10.8 Å². The minimum absolute atomic E-state index is 0.315. The van der Waals surface area contributed by atoms with Crippen LogP contribution in [-0.4, -0.2) is 11.0 Å². The predicted molar refractivity (Wildman–Crippen MR) is 86.5 cm³/mol. The van der Waals surface area contributed by atoms with Gasteiger partial charge in [-0.2, -0.15) is 0 Å².